The van der Waals surface area contributed by atoms with Crippen molar-refractivity contribution in [1.82, 2.24) is 20.5 Å². The van der Waals surface area contributed by atoms with E-state index in [4.69, 9.17) is 16.2 Å². The van der Waals surface area contributed by atoms with E-state index >= 15 is 0 Å². The van der Waals surface area contributed by atoms with E-state index < -0.39 is 0 Å². The number of nitrogens with one attached hydrogen (secondary N) is 2. The highest BCUT2D eigenvalue weighted by Gasteiger charge is 2.32. The van der Waals surface area contributed by atoms with E-state index in [1.165, 1.54) is 0 Å². The van der Waals surface area contributed by atoms with E-state index in [1.807, 2.05) is 0 Å². The van der Waals surface area contributed by atoms with E-state index in [0.717, 1.165) is 19.3 Å². The predicted molar refractivity (Wildman–Crippen MR) is 78.0 cm³/mol. The lowest BCUT2D eigenvalue weighted by molar-refractivity contribution is -0.128. The molecule has 118 valence electrons. The van der Waals surface area contributed by atoms with Gasteiger partial charge in [0.1, 0.15) is 5.82 Å². The maximum atomic E-state index is 12.2. The van der Waals surface area contributed by atoms with Crippen molar-refractivity contribution in [2.24, 2.45) is 11.7 Å². The van der Waals surface area contributed by atoms with Crippen LogP contribution in [-0.4, -0.2) is 39.8 Å². The van der Waals surface area contributed by atoms with Crippen molar-refractivity contribution in [1.29, 1.82) is 0 Å². The highest BCUT2D eigenvalue weighted by Crippen LogP contribution is 2.26. The number of anilines is 1. The molecule has 0 aromatic carbocycles. The van der Waals surface area contributed by atoms with Crippen LogP contribution in [0.15, 0.2) is 0 Å². The van der Waals surface area contributed by atoms with Gasteiger partial charge < -0.3 is 21.5 Å². The lowest BCUT2D eigenvalue weighted by Crippen LogP contribution is -2.45. The number of nitrogens with zero attached hydrogens (tertiary/aromatic N) is 2. The molecule has 0 radical (unpaired) electrons. The number of hydrogen-bond acceptors (Lipinski definition) is 6. The molecule has 8 nitrogen and oxygen atoms in total. The molecule has 1 aromatic rings. The summed E-state index contributed by atoms with van der Waals surface area (Å²) in [5, 5.41) is 9.23. The van der Waals surface area contributed by atoms with Gasteiger partial charge in [0.15, 0.2) is 0 Å². The Labute approximate surface area is 124 Å². The van der Waals surface area contributed by atoms with Crippen molar-refractivity contribution in [3.8, 4) is 0 Å². The number of nitrogen functional groups attached to an aromatic ring is 1. The van der Waals surface area contributed by atoms with Crippen LogP contribution in [0.25, 0.3) is 0 Å². The van der Waals surface area contributed by atoms with Crippen LogP contribution in [0.1, 0.15) is 38.4 Å². The van der Waals surface area contributed by atoms with Crippen molar-refractivity contribution in [3.63, 3.8) is 0 Å². The molecule has 1 fully saturated rings. The largest absolute Gasteiger partial charge is 0.377 e. The SMILES string of the molecule is CCCO[C@@H]1C[C@@H](C(=O)NCc2nc(N)n[nH]2)CC[C@H]1N. The van der Waals surface area contributed by atoms with E-state index in [2.05, 4.69) is 27.4 Å². The van der Waals surface area contributed by atoms with Crippen molar-refractivity contribution < 1.29 is 9.53 Å². The maximum absolute atomic E-state index is 12.2. The average molecular weight is 296 g/mol. The summed E-state index contributed by atoms with van der Waals surface area (Å²) in [7, 11) is 0. The van der Waals surface area contributed by atoms with Gasteiger partial charge in [0.2, 0.25) is 11.9 Å². The van der Waals surface area contributed by atoms with Crippen LogP contribution in [0.5, 0.6) is 0 Å². The smallest absolute Gasteiger partial charge is 0.239 e. The van der Waals surface area contributed by atoms with Crippen LogP contribution in [0.3, 0.4) is 0 Å². The molecule has 1 saturated carbocycles. The van der Waals surface area contributed by atoms with Crippen LogP contribution < -0.4 is 16.8 Å². The molecule has 1 aliphatic carbocycles. The quantitative estimate of drug-likeness (QED) is 0.581. The highest BCUT2D eigenvalue weighted by atomic mass is 16.5. The number of hydrogen-bond donors (Lipinski definition) is 4. The van der Waals surface area contributed by atoms with Crippen molar-refractivity contribution in [2.45, 2.75) is 51.3 Å². The number of nitrogens with two attached hydrogens (primary N) is 2. The van der Waals surface area contributed by atoms with E-state index in [1.54, 1.807) is 0 Å². The van der Waals surface area contributed by atoms with Gasteiger partial charge in [-0.1, -0.05) is 6.92 Å². The third-order valence-corrected chi connectivity index (χ3v) is 3.73. The Morgan fingerprint density at radius 1 is 1.52 bits per heavy atom. The maximum Gasteiger partial charge on any atom is 0.239 e. The molecule has 6 N–H and O–H groups in total. The fraction of sp³-hybridized carbons (Fsp3) is 0.769. The first-order chi connectivity index (χ1) is 10.1. The molecule has 3 atom stereocenters. The van der Waals surface area contributed by atoms with Gasteiger partial charge in [-0.3, -0.25) is 9.89 Å². The predicted octanol–water partition coefficient (Wildman–Crippen LogP) is -0.0743. The number of aromatic nitrogens is 3. The molecule has 21 heavy (non-hydrogen) atoms. The summed E-state index contributed by atoms with van der Waals surface area (Å²) in [4.78, 5) is 16.2. The van der Waals surface area contributed by atoms with Gasteiger partial charge >= 0.3 is 0 Å². The van der Waals surface area contributed by atoms with Crippen LogP contribution >= 0.6 is 0 Å². The van der Waals surface area contributed by atoms with E-state index in [0.29, 0.717) is 25.4 Å². The van der Waals surface area contributed by atoms with Gasteiger partial charge in [-0.25, -0.2) is 0 Å². The topological polar surface area (TPSA) is 132 Å². The summed E-state index contributed by atoms with van der Waals surface area (Å²) in [6.07, 6.45) is 3.19. The monoisotopic (exact) mass is 296 g/mol. The van der Waals surface area contributed by atoms with Crippen LogP contribution in [0, 0.1) is 5.92 Å². The molecule has 0 unspecified atom stereocenters. The molecule has 0 bridgehead atoms. The lowest BCUT2D eigenvalue weighted by atomic mass is 9.83. The number of aromatic amines is 1. The molecular weight excluding hydrogens is 272 g/mol. The molecule has 1 amide bonds. The Bertz CT molecular complexity index is 463. The number of carbonyl (C=O) groups excluding carboxylic acids is 1. The second kappa shape index (κ2) is 7.37. The first-order valence-electron chi connectivity index (χ1n) is 7.41. The van der Waals surface area contributed by atoms with Crippen LogP contribution in [-0.2, 0) is 16.1 Å². The Kier molecular flexibility index (Phi) is 5.51. The summed E-state index contributed by atoms with van der Waals surface area (Å²) >= 11 is 0. The first kappa shape index (κ1) is 15.7. The summed E-state index contributed by atoms with van der Waals surface area (Å²) in [6, 6.07) is 0.0228. The van der Waals surface area contributed by atoms with E-state index in [-0.39, 0.29) is 29.9 Å². The normalized spacial score (nSPS) is 25.7. The van der Waals surface area contributed by atoms with Crippen molar-refractivity contribution in [3.05, 3.63) is 5.82 Å². The van der Waals surface area contributed by atoms with Gasteiger partial charge in [0.05, 0.1) is 12.6 Å². The van der Waals surface area contributed by atoms with Crippen LogP contribution in [0.2, 0.25) is 0 Å². The van der Waals surface area contributed by atoms with Crippen molar-refractivity contribution in [2.75, 3.05) is 12.3 Å². The second-order valence-corrected chi connectivity index (χ2v) is 5.44. The minimum absolute atomic E-state index is 0.00182. The van der Waals surface area contributed by atoms with Gasteiger partial charge in [-0.05, 0) is 25.7 Å². The number of amides is 1. The fourth-order valence-electron chi connectivity index (χ4n) is 2.56. The van der Waals surface area contributed by atoms with Crippen molar-refractivity contribution >= 4 is 11.9 Å². The Balaban J connectivity index is 1.81. The number of carbonyl (C=O) groups is 1. The fourth-order valence-corrected chi connectivity index (χ4v) is 2.56. The molecule has 1 aromatic heterocycles. The summed E-state index contributed by atoms with van der Waals surface area (Å²) in [6.45, 7) is 3.04. The minimum Gasteiger partial charge on any atom is -0.377 e. The molecule has 0 saturated heterocycles. The van der Waals surface area contributed by atoms with Gasteiger partial charge in [0.25, 0.3) is 0 Å². The Hall–Kier alpha value is -1.67. The summed E-state index contributed by atoms with van der Waals surface area (Å²) in [5.41, 5.74) is 11.5. The standard InChI is InChI=1S/C13H24N6O2/c1-2-5-21-10-6-8(3-4-9(10)14)12(20)16-7-11-17-13(15)19-18-11/h8-10H,2-7,14H2,1H3,(H,16,20)(H3,15,17,18,19)/t8-,9+,10+/m0/s1. The van der Waals surface area contributed by atoms with Gasteiger partial charge in [0, 0.05) is 18.6 Å². The molecule has 1 heterocycles. The molecule has 0 spiro atoms. The first-order valence-corrected chi connectivity index (χ1v) is 7.41. The zero-order valence-corrected chi connectivity index (χ0v) is 12.3. The second-order valence-electron chi connectivity index (χ2n) is 5.44. The highest BCUT2D eigenvalue weighted by molar-refractivity contribution is 5.78. The molecule has 0 aliphatic heterocycles. The third kappa shape index (κ3) is 4.40. The Morgan fingerprint density at radius 3 is 3.00 bits per heavy atom. The minimum atomic E-state index is -0.0630. The average Bonchev–Trinajstić information content (AvgIpc) is 2.89. The molecular formula is C13H24N6O2. The zero-order chi connectivity index (χ0) is 15.2. The van der Waals surface area contributed by atoms with E-state index in [9.17, 15) is 4.79 Å². The summed E-state index contributed by atoms with van der Waals surface area (Å²) in [5.74, 6) is 0.664. The molecule has 2 rings (SSSR count). The summed E-state index contributed by atoms with van der Waals surface area (Å²) < 4.78 is 5.74. The van der Waals surface area contributed by atoms with Gasteiger partial charge in [-0.15, -0.1) is 5.10 Å². The van der Waals surface area contributed by atoms with Gasteiger partial charge in [-0.2, -0.15) is 4.98 Å². The number of rotatable bonds is 6. The molecule has 8 heteroatoms. The van der Waals surface area contributed by atoms with Crippen LogP contribution in [0.4, 0.5) is 5.95 Å². The number of ether oxygens (including phenoxy) is 1. The Morgan fingerprint density at radius 2 is 2.33 bits per heavy atom. The third-order valence-electron chi connectivity index (χ3n) is 3.73. The lowest BCUT2D eigenvalue weighted by Gasteiger charge is -2.33. The molecule has 1 aliphatic rings. The number of H-pyrrole nitrogens is 1. The zero-order valence-electron chi connectivity index (χ0n) is 12.3.